The van der Waals surface area contributed by atoms with E-state index in [0.29, 0.717) is 31.0 Å². The second-order valence-electron chi connectivity index (χ2n) is 6.49. The lowest BCUT2D eigenvalue weighted by Crippen LogP contribution is -2.32. The average molecular weight is 361 g/mol. The van der Waals surface area contributed by atoms with Crippen LogP contribution in [0.25, 0.3) is 11.1 Å². The third kappa shape index (κ3) is 3.33. The number of fused-ring (bicyclic) bond motifs is 1. The van der Waals surface area contributed by atoms with Gasteiger partial charge < -0.3 is 14.7 Å². The molecule has 136 valence electrons. The first-order valence-corrected chi connectivity index (χ1v) is 8.72. The second-order valence-corrected chi connectivity index (χ2v) is 6.49. The van der Waals surface area contributed by atoms with E-state index in [1.807, 2.05) is 25.1 Å². The van der Waals surface area contributed by atoms with Crippen LogP contribution in [0.1, 0.15) is 21.5 Å². The fraction of sp³-hybridized carbons (Fsp3) is 0.190. The minimum atomic E-state index is -0.0716. The number of ether oxygens (including phenoxy) is 1. The van der Waals surface area contributed by atoms with E-state index in [1.165, 1.54) is 0 Å². The highest BCUT2D eigenvalue weighted by Crippen LogP contribution is 2.37. The summed E-state index contributed by atoms with van der Waals surface area (Å²) >= 11 is 0. The van der Waals surface area contributed by atoms with Gasteiger partial charge in [0.1, 0.15) is 6.61 Å². The Labute approximate surface area is 157 Å². The van der Waals surface area contributed by atoms with Crippen molar-refractivity contribution in [1.29, 1.82) is 0 Å². The van der Waals surface area contributed by atoms with Crippen molar-refractivity contribution in [2.24, 2.45) is 0 Å². The second kappa shape index (κ2) is 7.07. The fourth-order valence-corrected chi connectivity index (χ4v) is 3.26. The molecule has 0 spiro atoms. The van der Waals surface area contributed by atoms with Gasteiger partial charge in [0, 0.05) is 48.0 Å². The van der Waals surface area contributed by atoms with E-state index in [4.69, 9.17) is 4.74 Å². The number of phenols is 1. The number of pyridine rings is 2. The molecule has 0 unspecified atom stereocenters. The summed E-state index contributed by atoms with van der Waals surface area (Å²) in [5.41, 5.74) is 3.95. The van der Waals surface area contributed by atoms with Crippen LogP contribution in [0.5, 0.6) is 11.5 Å². The van der Waals surface area contributed by atoms with Crippen LogP contribution in [0, 0.1) is 6.92 Å². The van der Waals surface area contributed by atoms with Gasteiger partial charge in [-0.15, -0.1) is 0 Å². The number of amides is 1. The Bertz CT molecular complexity index is 989. The van der Waals surface area contributed by atoms with Gasteiger partial charge in [0.25, 0.3) is 5.91 Å². The molecule has 1 aromatic carbocycles. The Morgan fingerprint density at radius 2 is 2.00 bits per heavy atom. The molecular weight excluding hydrogens is 342 g/mol. The van der Waals surface area contributed by atoms with Crippen molar-refractivity contribution in [1.82, 2.24) is 14.9 Å². The number of carbonyl (C=O) groups excluding carboxylic acids is 1. The number of carbonyl (C=O) groups is 1. The number of hydrogen-bond donors (Lipinski definition) is 1. The third-order valence-electron chi connectivity index (χ3n) is 4.65. The number of aromatic hydroxyl groups is 1. The van der Waals surface area contributed by atoms with Gasteiger partial charge in [-0.05, 0) is 42.3 Å². The number of aromatic nitrogens is 2. The zero-order chi connectivity index (χ0) is 18.8. The summed E-state index contributed by atoms with van der Waals surface area (Å²) in [5, 5.41) is 10.5. The van der Waals surface area contributed by atoms with Crippen LogP contribution in [0.2, 0.25) is 0 Å². The molecule has 6 heteroatoms. The Morgan fingerprint density at radius 1 is 1.15 bits per heavy atom. The van der Waals surface area contributed by atoms with Gasteiger partial charge in [-0.3, -0.25) is 14.8 Å². The van der Waals surface area contributed by atoms with Gasteiger partial charge in [0.05, 0.1) is 6.54 Å². The van der Waals surface area contributed by atoms with Gasteiger partial charge in [-0.2, -0.15) is 0 Å². The molecule has 3 aromatic rings. The monoisotopic (exact) mass is 361 g/mol. The smallest absolute Gasteiger partial charge is 0.254 e. The van der Waals surface area contributed by atoms with Crippen molar-refractivity contribution in [2.45, 2.75) is 13.5 Å². The molecule has 2 aromatic heterocycles. The first-order chi connectivity index (χ1) is 13.1. The van der Waals surface area contributed by atoms with Crippen molar-refractivity contribution in [3.63, 3.8) is 0 Å². The molecule has 4 rings (SSSR count). The minimum absolute atomic E-state index is 0.0701. The molecule has 1 aliphatic heterocycles. The van der Waals surface area contributed by atoms with Crippen molar-refractivity contribution >= 4 is 5.91 Å². The van der Waals surface area contributed by atoms with Crippen LogP contribution in [0.4, 0.5) is 0 Å². The van der Waals surface area contributed by atoms with Gasteiger partial charge in [-0.1, -0.05) is 6.07 Å². The number of nitrogens with zero attached hydrogens (tertiary/aromatic N) is 3. The zero-order valence-electron chi connectivity index (χ0n) is 14.9. The Hall–Kier alpha value is -3.41. The molecule has 1 aliphatic rings. The van der Waals surface area contributed by atoms with Gasteiger partial charge in [0.15, 0.2) is 11.5 Å². The van der Waals surface area contributed by atoms with Crippen LogP contribution in [0.3, 0.4) is 0 Å². The molecule has 1 N–H and O–H groups in total. The highest BCUT2D eigenvalue weighted by Gasteiger charge is 2.24. The fourth-order valence-electron chi connectivity index (χ4n) is 3.26. The van der Waals surface area contributed by atoms with Gasteiger partial charge in [-0.25, -0.2) is 0 Å². The summed E-state index contributed by atoms with van der Waals surface area (Å²) in [7, 11) is 0. The summed E-state index contributed by atoms with van der Waals surface area (Å²) in [5.74, 6) is 0.433. The third-order valence-corrected chi connectivity index (χ3v) is 4.65. The standard InChI is InChI=1S/C21H19N3O3/c1-14-11-23-6-4-18(14)21(26)24-7-8-27-20-17(13-24)9-16(10-19(20)25)15-3-2-5-22-12-15/h2-6,9-12,25H,7-8,13H2,1H3. The Kier molecular flexibility index (Phi) is 4.46. The predicted molar refractivity (Wildman–Crippen MR) is 101 cm³/mol. The quantitative estimate of drug-likeness (QED) is 0.759. The van der Waals surface area contributed by atoms with E-state index < -0.39 is 0 Å². The molecule has 0 atom stereocenters. The van der Waals surface area contributed by atoms with E-state index in [1.54, 1.807) is 41.8 Å². The minimum Gasteiger partial charge on any atom is -0.504 e. The molecule has 0 fully saturated rings. The van der Waals surface area contributed by atoms with Crippen LogP contribution in [0.15, 0.2) is 55.1 Å². The molecule has 3 heterocycles. The highest BCUT2D eigenvalue weighted by molar-refractivity contribution is 5.95. The lowest BCUT2D eigenvalue weighted by Gasteiger charge is -2.21. The Balaban J connectivity index is 1.70. The van der Waals surface area contributed by atoms with Crippen LogP contribution in [-0.2, 0) is 6.54 Å². The first-order valence-electron chi connectivity index (χ1n) is 8.72. The highest BCUT2D eigenvalue weighted by atomic mass is 16.5. The summed E-state index contributed by atoms with van der Waals surface area (Å²) in [4.78, 5) is 22.9. The van der Waals surface area contributed by atoms with Crippen molar-refractivity contribution in [2.75, 3.05) is 13.2 Å². The molecule has 0 aliphatic carbocycles. The zero-order valence-corrected chi connectivity index (χ0v) is 14.9. The lowest BCUT2D eigenvalue weighted by atomic mass is 10.0. The van der Waals surface area contributed by atoms with Crippen LogP contribution < -0.4 is 4.74 Å². The maximum Gasteiger partial charge on any atom is 0.254 e. The molecule has 0 saturated heterocycles. The molecular formula is C21H19N3O3. The average Bonchev–Trinajstić information content (AvgIpc) is 2.91. The summed E-state index contributed by atoms with van der Waals surface area (Å²) < 4.78 is 5.74. The van der Waals surface area contributed by atoms with Crippen molar-refractivity contribution in [3.05, 3.63) is 71.8 Å². The number of phenolic OH excluding ortho intramolecular Hbond substituents is 1. The summed E-state index contributed by atoms with van der Waals surface area (Å²) in [6, 6.07) is 9.11. The largest absolute Gasteiger partial charge is 0.504 e. The Morgan fingerprint density at radius 3 is 2.78 bits per heavy atom. The number of aryl methyl sites for hydroxylation is 1. The number of benzene rings is 1. The number of rotatable bonds is 2. The van der Waals surface area contributed by atoms with E-state index in [0.717, 1.165) is 22.3 Å². The predicted octanol–water partition coefficient (Wildman–Crippen LogP) is 3.19. The normalized spacial score (nSPS) is 13.4. The van der Waals surface area contributed by atoms with Crippen LogP contribution >= 0.6 is 0 Å². The molecule has 0 saturated carbocycles. The van der Waals surface area contributed by atoms with E-state index in [2.05, 4.69) is 9.97 Å². The van der Waals surface area contributed by atoms with Crippen molar-refractivity contribution < 1.29 is 14.6 Å². The van der Waals surface area contributed by atoms with E-state index in [9.17, 15) is 9.90 Å². The van der Waals surface area contributed by atoms with E-state index in [-0.39, 0.29) is 11.7 Å². The molecule has 0 radical (unpaired) electrons. The first kappa shape index (κ1) is 17.0. The van der Waals surface area contributed by atoms with Crippen LogP contribution in [-0.4, -0.2) is 39.0 Å². The van der Waals surface area contributed by atoms with Gasteiger partial charge >= 0.3 is 0 Å². The maximum absolute atomic E-state index is 13.0. The van der Waals surface area contributed by atoms with Gasteiger partial charge in [0.2, 0.25) is 0 Å². The molecule has 27 heavy (non-hydrogen) atoms. The maximum atomic E-state index is 13.0. The molecule has 0 bridgehead atoms. The number of hydrogen-bond acceptors (Lipinski definition) is 5. The molecule has 6 nitrogen and oxygen atoms in total. The summed E-state index contributed by atoms with van der Waals surface area (Å²) in [6.45, 7) is 2.99. The van der Waals surface area contributed by atoms with Crippen molar-refractivity contribution in [3.8, 4) is 22.6 Å². The topological polar surface area (TPSA) is 75.6 Å². The summed E-state index contributed by atoms with van der Waals surface area (Å²) in [6.07, 6.45) is 6.74. The van der Waals surface area contributed by atoms with E-state index >= 15 is 0 Å². The molecule has 1 amide bonds. The lowest BCUT2D eigenvalue weighted by molar-refractivity contribution is 0.0732. The SMILES string of the molecule is Cc1cnccc1C(=O)N1CCOc2c(O)cc(-c3cccnc3)cc2C1.